The minimum absolute atomic E-state index is 0.151. The molecule has 0 bridgehead atoms. The number of benzene rings is 3. The van der Waals surface area contributed by atoms with Gasteiger partial charge in [0, 0.05) is 17.3 Å². The zero-order valence-corrected chi connectivity index (χ0v) is 15.6. The molecule has 5 heteroatoms. The molecule has 4 aromatic rings. The Balaban J connectivity index is 1.56. The molecule has 0 unspecified atom stereocenters. The predicted octanol–water partition coefficient (Wildman–Crippen LogP) is 4.74. The standard InChI is InChI=1S/C24H18N4O/c25-12-17-9-20(17)24(29)28-23-11-16-8-15(10-22(26)21(16)13-27-23)19-7-3-5-14-4-1-2-6-18(14)19/h1-8,10-11,13,17,20H,9,26H2,(H,27,28,29)/t17-,20+/m0/s1. The molecule has 5 rings (SSSR count). The van der Waals surface area contributed by atoms with Crippen molar-refractivity contribution in [3.63, 3.8) is 0 Å². The van der Waals surface area contributed by atoms with Gasteiger partial charge in [-0.25, -0.2) is 4.98 Å². The van der Waals surface area contributed by atoms with Gasteiger partial charge >= 0.3 is 0 Å². The van der Waals surface area contributed by atoms with E-state index in [1.54, 1.807) is 6.20 Å². The van der Waals surface area contributed by atoms with Crippen LogP contribution < -0.4 is 11.1 Å². The number of anilines is 2. The number of hydrogen-bond donors (Lipinski definition) is 2. The SMILES string of the molecule is N#C[C@@H]1C[C@H]1C(=O)Nc1cc2cc(-c3cccc4ccccc34)cc(N)c2cn1. The Morgan fingerprint density at radius 2 is 1.90 bits per heavy atom. The average molecular weight is 378 g/mol. The van der Waals surface area contributed by atoms with Crippen molar-refractivity contribution in [2.75, 3.05) is 11.1 Å². The minimum Gasteiger partial charge on any atom is -0.398 e. The third kappa shape index (κ3) is 3.05. The Morgan fingerprint density at radius 1 is 1.07 bits per heavy atom. The number of nitrogens with zero attached hydrogens (tertiary/aromatic N) is 2. The molecule has 1 aromatic heterocycles. The van der Waals surface area contributed by atoms with Gasteiger partial charge in [0.25, 0.3) is 0 Å². The highest BCUT2D eigenvalue weighted by Gasteiger charge is 2.43. The lowest BCUT2D eigenvalue weighted by Gasteiger charge is -2.11. The zero-order chi connectivity index (χ0) is 20.0. The first-order valence-corrected chi connectivity index (χ1v) is 9.52. The minimum atomic E-state index is -0.232. The number of aromatic nitrogens is 1. The third-order valence-electron chi connectivity index (χ3n) is 5.51. The first kappa shape index (κ1) is 17.2. The zero-order valence-electron chi connectivity index (χ0n) is 15.6. The van der Waals surface area contributed by atoms with E-state index in [4.69, 9.17) is 11.0 Å². The van der Waals surface area contributed by atoms with Crippen LogP contribution in [-0.2, 0) is 4.79 Å². The van der Waals surface area contributed by atoms with Crippen LogP contribution in [0.2, 0.25) is 0 Å². The number of rotatable bonds is 3. The molecule has 0 aliphatic heterocycles. The summed E-state index contributed by atoms with van der Waals surface area (Å²) in [5, 5.41) is 15.8. The number of carbonyl (C=O) groups excluding carboxylic acids is 1. The average Bonchev–Trinajstić information content (AvgIpc) is 3.53. The van der Waals surface area contributed by atoms with Gasteiger partial charge in [-0.05, 0) is 51.9 Å². The van der Waals surface area contributed by atoms with Crippen molar-refractivity contribution in [2.45, 2.75) is 6.42 Å². The van der Waals surface area contributed by atoms with Crippen LogP contribution in [-0.4, -0.2) is 10.9 Å². The number of nitrogen functional groups attached to an aromatic ring is 1. The molecule has 1 saturated carbocycles. The van der Waals surface area contributed by atoms with Gasteiger partial charge in [0.1, 0.15) is 5.82 Å². The summed E-state index contributed by atoms with van der Waals surface area (Å²) in [4.78, 5) is 16.6. The van der Waals surface area contributed by atoms with Crippen molar-refractivity contribution < 1.29 is 4.79 Å². The first-order valence-electron chi connectivity index (χ1n) is 9.52. The van der Waals surface area contributed by atoms with Gasteiger partial charge in [-0.3, -0.25) is 4.79 Å². The molecule has 3 N–H and O–H groups in total. The number of carbonyl (C=O) groups is 1. The van der Waals surface area contributed by atoms with Gasteiger partial charge in [-0.1, -0.05) is 42.5 Å². The molecule has 1 heterocycles. The fraction of sp³-hybridized carbons (Fsp3) is 0.125. The van der Waals surface area contributed by atoms with Crippen LogP contribution in [0.1, 0.15) is 6.42 Å². The Morgan fingerprint density at radius 3 is 2.72 bits per heavy atom. The van der Waals surface area contributed by atoms with Gasteiger partial charge < -0.3 is 11.1 Å². The molecule has 5 nitrogen and oxygen atoms in total. The third-order valence-corrected chi connectivity index (χ3v) is 5.51. The van der Waals surface area contributed by atoms with Gasteiger partial charge in [0.15, 0.2) is 0 Å². The van der Waals surface area contributed by atoms with Crippen LogP contribution in [0.4, 0.5) is 11.5 Å². The fourth-order valence-electron chi connectivity index (χ4n) is 3.83. The molecule has 1 aliphatic rings. The van der Waals surface area contributed by atoms with Gasteiger partial charge in [0.2, 0.25) is 5.91 Å². The second kappa shape index (κ2) is 6.61. The van der Waals surface area contributed by atoms with Crippen LogP contribution in [0.3, 0.4) is 0 Å². The van der Waals surface area contributed by atoms with Crippen LogP contribution in [0.15, 0.2) is 66.9 Å². The maximum atomic E-state index is 12.3. The van der Waals surface area contributed by atoms with Crippen LogP contribution in [0, 0.1) is 23.2 Å². The van der Waals surface area contributed by atoms with E-state index >= 15 is 0 Å². The highest BCUT2D eigenvalue weighted by molar-refractivity contribution is 6.03. The normalized spacial score (nSPS) is 17.8. The maximum Gasteiger partial charge on any atom is 0.230 e. The molecular formula is C24H18N4O. The molecule has 140 valence electrons. The van der Waals surface area contributed by atoms with Crippen LogP contribution >= 0.6 is 0 Å². The Labute approximate surface area is 167 Å². The molecule has 1 amide bonds. The summed E-state index contributed by atoms with van der Waals surface area (Å²) < 4.78 is 0. The number of fused-ring (bicyclic) bond motifs is 2. The van der Waals surface area contributed by atoms with Crippen LogP contribution in [0.25, 0.3) is 32.7 Å². The quantitative estimate of drug-likeness (QED) is 0.504. The monoisotopic (exact) mass is 378 g/mol. The lowest BCUT2D eigenvalue weighted by Crippen LogP contribution is -2.15. The summed E-state index contributed by atoms with van der Waals surface area (Å²) in [5.41, 5.74) is 9.08. The number of pyridine rings is 1. The molecule has 1 fully saturated rings. The van der Waals surface area contributed by atoms with E-state index in [0.717, 1.165) is 27.3 Å². The summed E-state index contributed by atoms with van der Waals surface area (Å²) in [7, 11) is 0. The second-order valence-corrected chi connectivity index (χ2v) is 7.45. The Bertz CT molecular complexity index is 1320. The van der Waals surface area contributed by atoms with Crippen molar-refractivity contribution in [3.05, 3.63) is 66.9 Å². The van der Waals surface area contributed by atoms with Crippen molar-refractivity contribution in [2.24, 2.45) is 11.8 Å². The van der Waals surface area contributed by atoms with Crippen molar-refractivity contribution >= 4 is 39.0 Å². The number of nitrogens with two attached hydrogens (primary N) is 1. The van der Waals surface area contributed by atoms with Gasteiger partial charge in [-0.15, -0.1) is 0 Å². The number of amides is 1. The van der Waals surface area contributed by atoms with E-state index < -0.39 is 0 Å². The number of nitriles is 1. The summed E-state index contributed by atoms with van der Waals surface area (Å²) in [6.07, 6.45) is 2.30. The molecule has 1 aliphatic carbocycles. The van der Waals surface area contributed by atoms with Crippen LogP contribution in [0.5, 0.6) is 0 Å². The molecule has 3 aromatic carbocycles. The summed E-state index contributed by atoms with van der Waals surface area (Å²) in [5.74, 6) is -0.0872. The molecule has 0 saturated heterocycles. The molecule has 0 radical (unpaired) electrons. The van der Waals surface area contributed by atoms with Crippen molar-refractivity contribution in [3.8, 4) is 17.2 Å². The van der Waals surface area contributed by atoms with Gasteiger partial charge in [0.05, 0.1) is 17.9 Å². The van der Waals surface area contributed by atoms with E-state index in [0.29, 0.717) is 17.9 Å². The van der Waals surface area contributed by atoms with E-state index in [2.05, 4.69) is 46.7 Å². The summed E-state index contributed by atoms with van der Waals surface area (Å²) in [6.45, 7) is 0. The molecule has 2 atom stereocenters. The lowest BCUT2D eigenvalue weighted by atomic mass is 9.96. The molecule has 0 spiro atoms. The fourth-order valence-corrected chi connectivity index (χ4v) is 3.83. The predicted molar refractivity (Wildman–Crippen MR) is 115 cm³/mol. The molecule has 29 heavy (non-hydrogen) atoms. The highest BCUT2D eigenvalue weighted by Crippen LogP contribution is 2.39. The largest absolute Gasteiger partial charge is 0.398 e. The van der Waals surface area contributed by atoms with Gasteiger partial charge in [-0.2, -0.15) is 5.26 Å². The van der Waals surface area contributed by atoms with Crippen molar-refractivity contribution in [1.29, 1.82) is 5.26 Å². The summed E-state index contributed by atoms with van der Waals surface area (Å²) >= 11 is 0. The molecular weight excluding hydrogens is 360 g/mol. The smallest absolute Gasteiger partial charge is 0.230 e. The topological polar surface area (TPSA) is 91.8 Å². The lowest BCUT2D eigenvalue weighted by molar-refractivity contribution is -0.117. The van der Waals surface area contributed by atoms with E-state index in [-0.39, 0.29) is 17.7 Å². The first-order chi connectivity index (χ1) is 14.1. The Hall–Kier alpha value is -3.91. The summed E-state index contributed by atoms with van der Waals surface area (Å²) in [6, 6.07) is 22.5. The number of nitrogens with one attached hydrogen (secondary N) is 1. The van der Waals surface area contributed by atoms with E-state index in [9.17, 15) is 4.79 Å². The second-order valence-electron chi connectivity index (χ2n) is 7.45. The Kier molecular flexibility index (Phi) is 3.92. The maximum absolute atomic E-state index is 12.3. The van der Waals surface area contributed by atoms with E-state index in [1.165, 1.54) is 5.39 Å². The van der Waals surface area contributed by atoms with E-state index in [1.807, 2.05) is 30.3 Å². The highest BCUT2D eigenvalue weighted by atomic mass is 16.2. The van der Waals surface area contributed by atoms with Crippen molar-refractivity contribution in [1.82, 2.24) is 4.98 Å². The number of hydrogen-bond acceptors (Lipinski definition) is 4.